The highest BCUT2D eigenvalue weighted by Crippen LogP contribution is 2.39. The van der Waals surface area contributed by atoms with E-state index in [1.807, 2.05) is 37.4 Å². The van der Waals surface area contributed by atoms with E-state index in [9.17, 15) is 4.79 Å². The van der Waals surface area contributed by atoms with Crippen LogP contribution >= 0.6 is 0 Å². The van der Waals surface area contributed by atoms with Crippen LogP contribution in [0.3, 0.4) is 0 Å². The Labute approximate surface area is 163 Å². The molecule has 7 heteroatoms. The minimum atomic E-state index is -0.125. The number of nitrogens with one attached hydrogen (secondary N) is 1. The summed E-state index contributed by atoms with van der Waals surface area (Å²) >= 11 is 0. The van der Waals surface area contributed by atoms with Crippen molar-refractivity contribution in [2.45, 2.75) is 38.5 Å². The van der Waals surface area contributed by atoms with Crippen LogP contribution in [0.5, 0.6) is 5.75 Å². The van der Waals surface area contributed by atoms with Crippen LogP contribution in [0, 0.1) is 0 Å². The van der Waals surface area contributed by atoms with Gasteiger partial charge in [0.05, 0.1) is 0 Å². The third-order valence-electron chi connectivity index (χ3n) is 5.13. The number of hydrogen-bond acceptors (Lipinski definition) is 5. The molecule has 0 bridgehead atoms. The minimum absolute atomic E-state index is 0.00951. The normalized spacial score (nSPS) is 14.0. The Morgan fingerprint density at radius 3 is 3.00 bits per heavy atom. The fourth-order valence-electron chi connectivity index (χ4n) is 3.44. The van der Waals surface area contributed by atoms with Gasteiger partial charge in [-0.05, 0) is 31.4 Å². The maximum Gasteiger partial charge on any atom is 0.257 e. The third kappa shape index (κ3) is 3.52. The number of aromatic nitrogens is 3. The van der Waals surface area contributed by atoms with E-state index < -0.39 is 0 Å². The van der Waals surface area contributed by atoms with Crippen LogP contribution in [-0.2, 0) is 4.79 Å². The number of carbonyl (C=O) groups excluding carboxylic acids is 1. The summed E-state index contributed by atoms with van der Waals surface area (Å²) in [6, 6.07) is 7.61. The van der Waals surface area contributed by atoms with E-state index in [1.165, 1.54) is 6.42 Å². The molecule has 7 nitrogen and oxygen atoms in total. The second-order valence-corrected chi connectivity index (χ2v) is 7.14. The van der Waals surface area contributed by atoms with Crippen molar-refractivity contribution in [3.8, 4) is 17.0 Å². The number of ether oxygens (including phenoxy) is 1. The van der Waals surface area contributed by atoms with Crippen molar-refractivity contribution in [3.63, 3.8) is 0 Å². The van der Waals surface area contributed by atoms with E-state index in [4.69, 9.17) is 15.5 Å². The van der Waals surface area contributed by atoms with Gasteiger partial charge in [0.1, 0.15) is 28.6 Å². The molecule has 1 aliphatic rings. The van der Waals surface area contributed by atoms with Gasteiger partial charge in [0, 0.05) is 30.4 Å². The standard InChI is InChI=1S/C21H25N5O2/c1-2-9-23-17(27)13-28-16-8-4-7-15(12-16)18-19-20(22)24-10-11-26(19)21(25-18)14-5-3-6-14/h4,7-8,10-12,14H,2-3,5-6,9,13H2,1H3,(H2,22,24)(H,23,27). The number of hydrogen-bond donors (Lipinski definition) is 2. The summed E-state index contributed by atoms with van der Waals surface area (Å²) in [4.78, 5) is 21.0. The third-order valence-corrected chi connectivity index (χ3v) is 5.13. The predicted molar refractivity (Wildman–Crippen MR) is 108 cm³/mol. The summed E-state index contributed by atoms with van der Waals surface area (Å²) in [5, 5.41) is 2.80. The first kappa shape index (κ1) is 18.3. The molecule has 0 unspecified atom stereocenters. The first-order valence-corrected chi connectivity index (χ1v) is 9.79. The highest BCUT2D eigenvalue weighted by Gasteiger charge is 2.26. The minimum Gasteiger partial charge on any atom is -0.484 e. The zero-order valence-corrected chi connectivity index (χ0v) is 16.0. The van der Waals surface area contributed by atoms with E-state index in [2.05, 4.69) is 14.7 Å². The molecule has 4 rings (SSSR count). The molecule has 0 atom stereocenters. The average molecular weight is 379 g/mol. The molecule has 28 heavy (non-hydrogen) atoms. The van der Waals surface area contributed by atoms with Gasteiger partial charge in [0.25, 0.3) is 5.91 Å². The number of amides is 1. The molecule has 3 aromatic rings. The van der Waals surface area contributed by atoms with Crippen molar-refractivity contribution >= 4 is 17.2 Å². The number of fused-ring (bicyclic) bond motifs is 1. The Kier molecular flexibility index (Phi) is 5.14. The van der Waals surface area contributed by atoms with E-state index >= 15 is 0 Å². The van der Waals surface area contributed by atoms with E-state index in [1.54, 1.807) is 6.20 Å². The highest BCUT2D eigenvalue weighted by molar-refractivity contribution is 5.85. The molecule has 1 amide bonds. The molecular formula is C21H25N5O2. The second-order valence-electron chi connectivity index (χ2n) is 7.14. The van der Waals surface area contributed by atoms with E-state index in [0.29, 0.717) is 24.0 Å². The number of carbonyl (C=O) groups is 1. The van der Waals surface area contributed by atoms with E-state index in [0.717, 1.165) is 41.9 Å². The Morgan fingerprint density at radius 2 is 2.25 bits per heavy atom. The maximum absolute atomic E-state index is 11.8. The molecule has 0 aliphatic heterocycles. The molecule has 1 fully saturated rings. The molecule has 1 aromatic carbocycles. The van der Waals surface area contributed by atoms with Gasteiger partial charge in [0.2, 0.25) is 0 Å². The Hall–Kier alpha value is -3.09. The predicted octanol–water partition coefficient (Wildman–Crippen LogP) is 3.15. The molecular weight excluding hydrogens is 354 g/mol. The van der Waals surface area contributed by atoms with Gasteiger partial charge >= 0.3 is 0 Å². The molecule has 2 heterocycles. The lowest BCUT2D eigenvalue weighted by Crippen LogP contribution is -2.29. The number of nitrogens with two attached hydrogens (primary N) is 1. The Balaban J connectivity index is 1.64. The number of benzene rings is 1. The quantitative estimate of drug-likeness (QED) is 0.658. The van der Waals surface area contributed by atoms with Crippen molar-refractivity contribution in [1.82, 2.24) is 19.7 Å². The SMILES string of the molecule is CCCNC(=O)COc1cccc(-c2nc(C3CCC3)n3ccnc(N)c23)c1. The fourth-order valence-corrected chi connectivity index (χ4v) is 3.44. The molecule has 1 saturated carbocycles. The van der Waals surface area contributed by atoms with Crippen LogP contribution in [-0.4, -0.2) is 33.4 Å². The molecule has 2 aromatic heterocycles. The van der Waals surface area contributed by atoms with Gasteiger partial charge in [-0.15, -0.1) is 0 Å². The number of imidazole rings is 1. The zero-order chi connectivity index (χ0) is 19.5. The number of anilines is 1. The molecule has 0 spiro atoms. The smallest absolute Gasteiger partial charge is 0.257 e. The van der Waals surface area contributed by atoms with Gasteiger partial charge in [-0.3, -0.25) is 9.20 Å². The number of rotatable bonds is 7. The van der Waals surface area contributed by atoms with Crippen LogP contribution in [0.25, 0.3) is 16.8 Å². The van der Waals surface area contributed by atoms with Gasteiger partial charge < -0.3 is 15.8 Å². The summed E-state index contributed by atoms with van der Waals surface area (Å²) in [5.74, 6) is 2.46. The molecule has 0 radical (unpaired) electrons. The molecule has 0 saturated heterocycles. The zero-order valence-electron chi connectivity index (χ0n) is 16.0. The molecule has 3 N–H and O–H groups in total. The van der Waals surface area contributed by atoms with Crippen LogP contribution in [0.2, 0.25) is 0 Å². The summed E-state index contributed by atoms with van der Waals surface area (Å²) in [6.07, 6.45) is 8.07. The van der Waals surface area contributed by atoms with Crippen LogP contribution in [0.15, 0.2) is 36.7 Å². The Bertz CT molecular complexity index is 994. The molecule has 1 aliphatic carbocycles. The lowest BCUT2D eigenvalue weighted by molar-refractivity contribution is -0.123. The van der Waals surface area contributed by atoms with Gasteiger partial charge in [0.15, 0.2) is 6.61 Å². The monoisotopic (exact) mass is 379 g/mol. The average Bonchev–Trinajstić information content (AvgIpc) is 3.04. The Morgan fingerprint density at radius 1 is 1.39 bits per heavy atom. The molecule has 146 valence electrons. The van der Waals surface area contributed by atoms with Crippen LogP contribution in [0.1, 0.15) is 44.3 Å². The first-order valence-electron chi connectivity index (χ1n) is 9.79. The van der Waals surface area contributed by atoms with Gasteiger partial charge in [-0.2, -0.15) is 0 Å². The number of nitrogens with zero attached hydrogens (tertiary/aromatic N) is 3. The van der Waals surface area contributed by atoms with Gasteiger partial charge in [-0.1, -0.05) is 25.5 Å². The highest BCUT2D eigenvalue weighted by atomic mass is 16.5. The lowest BCUT2D eigenvalue weighted by atomic mass is 9.85. The maximum atomic E-state index is 11.8. The van der Waals surface area contributed by atoms with Crippen molar-refractivity contribution in [2.24, 2.45) is 0 Å². The van der Waals surface area contributed by atoms with Crippen molar-refractivity contribution in [1.29, 1.82) is 0 Å². The largest absolute Gasteiger partial charge is 0.484 e. The summed E-state index contributed by atoms with van der Waals surface area (Å²) in [6.45, 7) is 2.65. The van der Waals surface area contributed by atoms with Gasteiger partial charge in [-0.25, -0.2) is 9.97 Å². The fraction of sp³-hybridized carbons (Fsp3) is 0.381. The van der Waals surface area contributed by atoms with Crippen molar-refractivity contribution < 1.29 is 9.53 Å². The number of nitrogen functional groups attached to an aromatic ring is 1. The van der Waals surface area contributed by atoms with Crippen LogP contribution in [0.4, 0.5) is 5.82 Å². The summed E-state index contributed by atoms with van der Waals surface area (Å²) in [5.41, 5.74) is 8.71. The van der Waals surface area contributed by atoms with Crippen LogP contribution < -0.4 is 15.8 Å². The topological polar surface area (TPSA) is 94.5 Å². The lowest BCUT2D eigenvalue weighted by Gasteiger charge is -2.23. The van der Waals surface area contributed by atoms with Crippen molar-refractivity contribution in [2.75, 3.05) is 18.9 Å². The van der Waals surface area contributed by atoms with E-state index in [-0.39, 0.29) is 12.5 Å². The summed E-state index contributed by atoms with van der Waals surface area (Å²) in [7, 11) is 0. The van der Waals surface area contributed by atoms with Crippen molar-refractivity contribution in [3.05, 3.63) is 42.5 Å². The second kappa shape index (κ2) is 7.88. The summed E-state index contributed by atoms with van der Waals surface area (Å²) < 4.78 is 7.73. The first-order chi connectivity index (χ1) is 13.7.